The topological polar surface area (TPSA) is 43.3 Å². The van der Waals surface area contributed by atoms with Crippen LogP contribution in [0.15, 0.2) is 242 Å². The fraction of sp³-hybridized carbons (Fsp3) is 0.0172. The van der Waals surface area contributed by atoms with Crippen molar-refractivity contribution in [1.29, 1.82) is 0 Å². The molecule has 0 radical (unpaired) electrons. The van der Waals surface area contributed by atoms with Gasteiger partial charge in [-0.15, -0.1) is 0 Å². The normalized spacial score (nSPS) is 11.9. The Balaban J connectivity index is 1.04. The molecule has 61 heavy (non-hydrogen) atoms. The standard InChI is InChI=1S/C58H43N3/c59-55(47-18-8-3-9-19-47)39-56(60-40-41-14-4-1-5-15-41)48-30-28-45(29-31-48)50-36-49(44-26-24-43(25-27-44)42-16-6-2-7-17-42)37-51(38-50)46-32-34-52(35-33-46)61-57-22-12-10-20-53(57)54-21-11-13-23-58(54)61/h1-39H,40,59H2/b55-39-,60-56?. The van der Waals surface area contributed by atoms with Gasteiger partial charge >= 0.3 is 0 Å². The van der Waals surface area contributed by atoms with Crippen LogP contribution in [0.4, 0.5) is 0 Å². The lowest BCUT2D eigenvalue weighted by atomic mass is 9.92. The summed E-state index contributed by atoms with van der Waals surface area (Å²) in [5.41, 5.74) is 24.2. The number of nitrogens with two attached hydrogens (primary N) is 1. The van der Waals surface area contributed by atoms with Crippen molar-refractivity contribution in [2.24, 2.45) is 10.7 Å². The predicted octanol–water partition coefficient (Wildman–Crippen LogP) is 14.4. The van der Waals surface area contributed by atoms with Crippen LogP contribution in [0.25, 0.3) is 77.7 Å². The van der Waals surface area contributed by atoms with Gasteiger partial charge in [0.1, 0.15) is 0 Å². The summed E-state index contributed by atoms with van der Waals surface area (Å²) in [6, 6.07) is 81.8. The van der Waals surface area contributed by atoms with E-state index in [2.05, 4.69) is 187 Å². The number of nitrogens with zero attached hydrogens (tertiary/aromatic N) is 2. The number of fused-ring (bicyclic) bond motifs is 3. The third kappa shape index (κ3) is 7.81. The zero-order valence-electron chi connectivity index (χ0n) is 33.7. The van der Waals surface area contributed by atoms with Gasteiger partial charge in [0.15, 0.2) is 0 Å². The van der Waals surface area contributed by atoms with E-state index in [0.29, 0.717) is 12.2 Å². The lowest BCUT2D eigenvalue weighted by Gasteiger charge is -2.14. The number of hydrogen-bond acceptors (Lipinski definition) is 2. The van der Waals surface area contributed by atoms with Crippen LogP contribution in [-0.4, -0.2) is 10.3 Å². The third-order valence-corrected chi connectivity index (χ3v) is 11.5. The number of hydrogen-bond donors (Lipinski definition) is 1. The quantitative estimate of drug-likeness (QED) is 0.138. The molecule has 0 saturated heterocycles. The molecule has 0 atom stereocenters. The molecule has 1 heterocycles. The Labute approximate surface area is 357 Å². The molecule has 3 nitrogen and oxygen atoms in total. The van der Waals surface area contributed by atoms with Gasteiger partial charge in [0.2, 0.25) is 0 Å². The molecule has 0 aliphatic heterocycles. The molecule has 0 aliphatic carbocycles. The minimum absolute atomic E-state index is 0.556. The van der Waals surface area contributed by atoms with Crippen molar-refractivity contribution >= 4 is 33.2 Å². The second-order valence-corrected chi connectivity index (χ2v) is 15.4. The van der Waals surface area contributed by atoms with Crippen molar-refractivity contribution in [3.8, 4) is 50.2 Å². The maximum atomic E-state index is 6.67. The summed E-state index contributed by atoms with van der Waals surface area (Å²) < 4.78 is 2.37. The Bertz CT molecular complexity index is 3110. The lowest BCUT2D eigenvalue weighted by molar-refractivity contribution is 1.07. The van der Waals surface area contributed by atoms with Crippen molar-refractivity contribution < 1.29 is 0 Å². The largest absolute Gasteiger partial charge is 0.398 e. The van der Waals surface area contributed by atoms with Crippen molar-refractivity contribution in [2.45, 2.75) is 6.54 Å². The molecule has 1 aromatic heterocycles. The van der Waals surface area contributed by atoms with Gasteiger partial charge in [0.05, 0.1) is 23.3 Å². The monoisotopic (exact) mass is 781 g/mol. The van der Waals surface area contributed by atoms with E-state index in [1.54, 1.807) is 0 Å². The smallest absolute Gasteiger partial charge is 0.0671 e. The number of aliphatic imine (C=N–C) groups is 1. The second kappa shape index (κ2) is 16.7. The summed E-state index contributed by atoms with van der Waals surface area (Å²) in [6.07, 6.45) is 1.99. The summed E-state index contributed by atoms with van der Waals surface area (Å²) in [5.74, 6) is 0. The van der Waals surface area contributed by atoms with Crippen LogP contribution in [0.3, 0.4) is 0 Å². The molecule has 10 aromatic rings. The molecule has 0 amide bonds. The highest BCUT2D eigenvalue weighted by Crippen LogP contribution is 2.36. The Kier molecular flexibility index (Phi) is 10.2. The van der Waals surface area contributed by atoms with Gasteiger partial charge in [0, 0.05) is 22.2 Å². The molecule has 0 saturated carbocycles. The number of aromatic nitrogens is 1. The minimum atomic E-state index is 0.556. The van der Waals surface area contributed by atoms with Crippen LogP contribution in [0.2, 0.25) is 0 Å². The molecule has 290 valence electrons. The molecule has 0 unspecified atom stereocenters. The Morgan fingerprint density at radius 2 is 0.803 bits per heavy atom. The molecular weight excluding hydrogens is 739 g/mol. The highest BCUT2D eigenvalue weighted by atomic mass is 15.0. The molecule has 0 fully saturated rings. The van der Waals surface area contributed by atoms with Crippen LogP contribution in [0.5, 0.6) is 0 Å². The van der Waals surface area contributed by atoms with Crippen LogP contribution in [0, 0.1) is 0 Å². The van der Waals surface area contributed by atoms with Gasteiger partial charge in [0.25, 0.3) is 0 Å². The van der Waals surface area contributed by atoms with E-state index in [-0.39, 0.29) is 0 Å². The first kappa shape index (κ1) is 37.3. The Morgan fingerprint density at radius 1 is 0.393 bits per heavy atom. The van der Waals surface area contributed by atoms with Crippen LogP contribution in [0.1, 0.15) is 16.7 Å². The zero-order chi connectivity index (χ0) is 41.0. The summed E-state index contributed by atoms with van der Waals surface area (Å²) in [6.45, 7) is 0.556. The number of benzene rings is 9. The molecular formula is C58H43N3. The first-order valence-corrected chi connectivity index (χ1v) is 20.8. The minimum Gasteiger partial charge on any atom is -0.398 e. The highest BCUT2D eigenvalue weighted by Gasteiger charge is 2.14. The van der Waals surface area contributed by atoms with Crippen molar-refractivity contribution in [2.75, 3.05) is 0 Å². The second-order valence-electron chi connectivity index (χ2n) is 15.4. The van der Waals surface area contributed by atoms with E-state index >= 15 is 0 Å². The van der Waals surface area contributed by atoms with Gasteiger partial charge in [-0.3, -0.25) is 4.99 Å². The molecule has 0 aliphatic rings. The average Bonchev–Trinajstić information content (AvgIpc) is 3.68. The fourth-order valence-electron chi connectivity index (χ4n) is 8.29. The first-order valence-electron chi connectivity index (χ1n) is 20.8. The summed E-state index contributed by atoms with van der Waals surface area (Å²) in [4.78, 5) is 5.09. The van der Waals surface area contributed by atoms with E-state index < -0.39 is 0 Å². The van der Waals surface area contributed by atoms with Gasteiger partial charge < -0.3 is 10.3 Å². The van der Waals surface area contributed by atoms with Crippen LogP contribution < -0.4 is 5.73 Å². The molecule has 0 spiro atoms. The van der Waals surface area contributed by atoms with Crippen LogP contribution >= 0.6 is 0 Å². The molecule has 0 bridgehead atoms. The van der Waals surface area contributed by atoms with Gasteiger partial charge in [-0.25, -0.2) is 0 Å². The predicted molar refractivity (Wildman–Crippen MR) is 258 cm³/mol. The van der Waals surface area contributed by atoms with Crippen molar-refractivity contribution in [1.82, 2.24) is 4.57 Å². The average molecular weight is 782 g/mol. The van der Waals surface area contributed by atoms with Crippen LogP contribution in [-0.2, 0) is 6.54 Å². The lowest BCUT2D eigenvalue weighted by Crippen LogP contribution is -2.04. The van der Waals surface area contributed by atoms with E-state index in [1.165, 1.54) is 32.9 Å². The number of para-hydroxylation sites is 2. The van der Waals surface area contributed by atoms with Crippen molar-refractivity contribution in [3.63, 3.8) is 0 Å². The maximum absolute atomic E-state index is 6.67. The summed E-state index contributed by atoms with van der Waals surface area (Å²) in [5, 5.41) is 2.52. The Morgan fingerprint density at radius 3 is 1.34 bits per heavy atom. The number of allylic oxidation sites excluding steroid dienone is 1. The van der Waals surface area contributed by atoms with E-state index in [1.807, 2.05) is 54.6 Å². The molecule has 3 heteroatoms. The van der Waals surface area contributed by atoms with Gasteiger partial charge in [-0.05, 0) is 110 Å². The highest BCUT2D eigenvalue weighted by molar-refractivity contribution is 6.12. The first-order chi connectivity index (χ1) is 30.1. The SMILES string of the molecule is N/C(=C\C(=NCc1ccccc1)c1ccc(-c2cc(-c3ccc(-c4ccccc4)cc3)cc(-c3ccc(-n4c5ccccc5c5ccccc54)cc3)c2)cc1)c1ccccc1. The molecule has 9 aromatic carbocycles. The molecule has 10 rings (SSSR count). The van der Waals surface area contributed by atoms with Gasteiger partial charge in [-0.1, -0.05) is 188 Å². The fourth-order valence-corrected chi connectivity index (χ4v) is 8.29. The van der Waals surface area contributed by atoms with E-state index in [4.69, 9.17) is 10.7 Å². The number of rotatable bonds is 10. The summed E-state index contributed by atoms with van der Waals surface area (Å²) >= 11 is 0. The van der Waals surface area contributed by atoms with Gasteiger partial charge in [-0.2, -0.15) is 0 Å². The summed E-state index contributed by atoms with van der Waals surface area (Å²) in [7, 11) is 0. The van der Waals surface area contributed by atoms with Crippen molar-refractivity contribution in [3.05, 3.63) is 253 Å². The van der Waals surface area contributed by atoms with E-state index in [0.717, 1.165) is 61.5 Å². The molecule has 2 N–H and O–H groups in total. The third-order valence-electron chi connectivity index (χ3n) is 11.5. The maximum Gasteiger partial charge on any atom is 0.0671 e. The zero-order valence-corrected chi connectivity index (χ0v) is 33.7. The van der Waals surface area contributed by atoms with E-state index in [9.17, 15) is 0 Å². The Hall–Kier alpha value is -8.01.